The molecule has 0 N–H and O–H groups in total. The van der Waals surface area contributed by atoms with Gasteiger partial charge in [-0.2, -0.15) is 0 Å². The molecule has 14 rings (SSSR count). The van der Waals surface area contributed by atoms with E-state index in [1.165, 1.54) is 94.1 Å². The smallest absolute Gasteiger partial charge is 0.243 e. The summed E-state index contributed by atoms with van der Waals surface area (Å²) in [5.74, 6) is 0. The Morgan fingerprint density at radius 3 is 2.07 bits per heavy atom. The average Bonchev–Trinajstić information content (AvgIpc) is 3.92. The molecule has 9 aromatic rings. The van der Waals surface area contributed by atoms with Gasteiger partial charge in [0.25, 0.3) is 0 Å². The van der Waals surface area contributed by atoms with Gasteiger partial charge in [-0.3, -0.25) is 0 Å². The van der Waals surface area contributed by atoms with Crippen molar-refractivity contribution in [3.63, 3.8) is 0 Å². The van der Waals surface area contributed by atoms with Gasteiger partial charge in [0, 0.05) is 22.1 Å². The normalized spacial score (nSPS) is 18.3. The molecular formula is C55H34BN3. The lowest BCUT2D eigenvalue weighted by Gasteiger charge is -2.42. The van der Waals surface area contributed by atoms with E-state index in [4.69, 9.17) is 4.99 Å². The van der Waals surface area contributed by atoms with Gasteiger partial charge < -0.3 is 9.47 Å². The first kappa shape index (κ1) is 31.6. The molecule has 0 amide bonds. The van der Waals surface area contributed by atoms with Crippen molar-refractivity contribution in [1.29, 1.82) is 0 Å². The molecule has 1 spiro atoms. The molecule has 2 aliphatic carbocycles. The first-order chi connectivity index (χ1) is 29.3. The lowest BCUT2D eigenvalue weighted by atomic mass is 9.32. The first-order valence-corrected chi connectivity index (χ1v) is 20.7. The summed E-state index contributed by atoms with van der Waals surface area (Å²) in [5.41, 5.74) is 22.5. The number of allylic oxidation sites excluding steroid dienone is 2. The highest BCUT2D eigenvalue weighted by atomic mass is 15.2. The summed E-state index contributed by atoms with van der Waals surface area (Å²) in [7, 11) is 0. The van der Waals surface area contributed by atoms with Gasteiger partial charge >= 0.3 is 0 Å². The zero-order valence-corrected chi connectivity index (χ0v) is 32.0. The molecule has 1 aromatic heterocycles. The van der Waals surface area contributed by atoms with Crippen molar-refractivity contribution >= 4 is 67.7 Å². The van der Waals surface area contributed by atoms with Crippen LogP contribution in [0.3, 0.4) is 0 Å². The van der Waals surface area contributed by atoms with Crippen molar-refractivity contribution in [3.05, 3.63) is 222 Å². The van der Waals surface area contributed by atoms with Crippen molar-refractivity contribution in [3.8, 4) is 27.9 Å². The minimum Gasteiger partial charge on any atom is -0.327 e. The number of aliphatic imine (C=N–C) groups is 1. The second kappa shape index (κ2) is 11.4. The summed E-state index contributed by atoms with van der Waals surface area (Å²) in [6.07, 6.45) is 8.67. The topological polar surface area (TPSA) is 20.5 Å². The quantitative estimate of drug-likeness (QED) is 0.161. The Morgan fingerprint density at radius 1 is 0.492 bits per heavy atom. The van der Waals surface area contributed by atoms with E-state index in [0.717, 1.165) is 17.1 Å². The van der Waals surface area contributed by atoms with E-state index in [1.54, 1.807) is 0 Å². The Bertz CT molecular complexity index is 3380. The van der Waals surface area contributed by atoms with Crippen molar-refractivity contribution in [2.24, 2.45) is 4.99 Å². The van der Waals surface area contributed by atoms with Crippen molar-refractivity contribution in [2.45, 2.75) is 11.5 Å². The Morgan fingerprint density at radius 2 is 1.19 bits per heavy atom. The van der Waals surface area contributed by atoms with Crippen molar-refractivity contribution in [1.82, 2.24) is 4.57 Å². The number of benzene rings is 8. The third kappa shape index (κ3) is 3.92. The summed E-state index contributed by atoms with van der Waals surface area (Å²) in [4.78, 5) is 7.56. The van der Waals surface area contributed by atoms with E-state index in [0.29, 0.717) is 0 Å². The van der Waals surface area contributed by atoms with Gasteiger partial charge in [0.1, 0.15) is 0 Å². The number of para-hydroxylation sites is 4. The van der Waals surface area contributed by atoms with Gasteiger partial charge in [-0.25, -0.2) is 4.99 Å². The van der Waals surface area contributed by atoms with Crippen LogP contribution < -0.4 is 21.3 Å². The van der Waals surface area contributed by atoms with Gasteiger partial charge in [0.2, 0.25) is 6.71 Å². The minimum absolute atomic E-state index is 0.0260. The number of hydrogen-bond acceptors (Lipinski definition) is 2. The molecule has 4 heteroatoms. The third-order valence-electron chi connectivity index (χ3n) is 13.9. The Balaban J connectivity index is 0.998. The van der Waals surface area contributed by atoms with E-state index in [9.17, 15) is 0 Å². The fraction of sp³-hybridized carbons (Fsp3) is 0.0364. The maximum Gasteiger partial charge on any atom is 0.243 e. The summed E-state index contributed by atoms with van der Waals surface area (Å²) in [6, 6.07) is 66.3. The molecule has 2 unspecified atom stereocenters. The van der Waals surface area contributed by atoms with Gasteiger partial charge in [0.15, 0.2) is 0 Å². The lowest BCUT2D eigenvalue weighted by Crippen LogP contribution is -2.59. The molecule has 0 bridgehead atoms. The molecule has 0 saturated carbocycles. The van der Waals surface area contributed by atoms with Crippen LogP contribution in [0.2, 0.25) is 0 Å². The van der Waals surface area contributed by atoms with Crippen LogP contribution in [-0.4, -0.2) is 23.0 Å². The van der Waals surface area contributed by atoms with Crippen LogP contribution in [0.5, 0.6) is 0 Å². The van der Waals surface area contributed by atoms with Crippen LogP contribution in [0.1, 0.15) is 22.3 Å². The maximum absolute atomic E-state index is 5.09. The van der Waals surface area contributed by atoms with Gasteiger partial charge in [-0.1, -0.05) is 162 Å². The predicted octanol–water partition coefficient (Wildman–Crippen LogP) is 10.7. The van der Waals surface area contributed by atoms with Crippen molar-refractivity contribution < 1.29 is 0 Å². The SMILES string of the molecule is C1=CC2=Nc3ccccc3N(c3ccc4c(c3)-c3ccccc3C43c4ccccc4B4c5cc(-n6c7ccccc7c7ccccc76)ccc5-c5cccc3c54)C2C=C1. The van der Waals surface area contributed by atoms with Gasteiger partial charge in [0.05, 0.1) is 39.6 Å². The molecule has 8 aromatic carbocycles. The first-order valence-electron chi connectivity index (χ1n) is 20.7. The molecular weight excluding hydrogens is 713 g/mol. The minimum atomic E-state index is -0.472. The molecule has 4 heterocycles. The number of nitrogens with zero attached hydrogens (tertiary/aromatic N) is 3. The second-order valence-electron chi connectivity index (χ2n) is 16.5. The third-order valence-corrected chi connectivity index (χ3v) is 13.9. The summed E-state index contributed by atoms with van der Waals surface area (Å²) in [5, 5.41) is 2.57. The lowest BCUT2D eigenvalue weighted by molar-refractivity contribution is 0.775. The largest absolute Gasteiger partial charge is 0.327 e. The molecule has 59 heavy (non-hydrogen) atoms. The van der Waals surface area contributed by atoms with Crippen LogP contribution in [0.4, 0.5) is 17.1 Å². The number of rotatable bonds is 2. The molecule has 3 nitrogen and oxygen atoms in total. The van der Waals surface area contributed by atoms with E-state index in [2.05, 4.69) is 210 Å². The molecule has 272 valence electrons. The number of aromatic nitrogens is 1. The fourth-order valence-electron chi connectivity index (χ4n) is 11.7. The highest BCUT2D eigenvalue weighted by molar-refractivity contribution is 7.00. The fourth-order valence-corrected chi connectivity index (χ4v) is 11.7. The Labute approximate surface area is 342 Å². The number of anilines is 2. The summed E-state index contributed by atoms with van der Waals surface area (Å²) in [6.45, 7) is 0.121. The molecule has 3 aliphatic heterocycles. The molecule has 0 radical (unpaired) electrons. The van der Waals surface area contributed by atoms with Gasteiger partial charge in [-0.05, 0) is 99.1 Å². The van der Waals surface area contributed by atoms with E-state index in [1.807, 2.05) is 0 Å². The average molecular weight is 748 g/mol. The maximum atomic E-state index is 5.09. The molecule has 5 aliphatic rings. The van der Waals surface area contributed by atoms with Crippen LogP contribution in [0.15, 0.2) is 205 Å². The van der Waals surface area contributed by atoms with Crippen LogP contribution in [0.25, 0.3) is 49.7 Å². The Kier molecular flexibility index (Phi) is 6.09. The highest BCUT2D eigenvalue weighted by Gasteiger charge is 2.54. The standard InChI is InChI=1S/C55H34BN3/c1-4-18-42-36(14-1)41-32-34(59-52-26-11-7-22-48(52)57-49-23-8-12-27-53(49)59)29-31-43(41)55(42)44-19-5-6-21-46(44)56-47-33-35(28-30-37(47)40-17-13-20-45(55)54(40)56)58-50-24-9-2-15-38(50)39-16-3-10-25-51(39)58/h1-33,52H. The second-order valence-corrected chi connectivity index (χ2v) is 16.5. The zero-order valence-electron chi connectivity index (χ0n) is 32.0. The van der Waals surface area contributed by atoms with Crippen LogP contribution in [0, 0.1) is 0 Å². The van der Waals surface area contributed by atoms with E-state index >= 15 is 0 Å². The summed E-state index contributed by atoms with van der Waals surface area (Å²) >= 11 is 0. The Hall–Kier alpha value is -7.43. The number of hydrogen-bond donors (Lipinski definition) is 0. The van der Waals surface area contributed by atoms with E-state index in [-0.39, 0.29) is 12.8 Å². The van der Waals surface area contributed by atoms with Crippen molar-refractivity contribution in [2.75, 3.05) is 4.90 Å². The summed E-state index contributed by atoms with van der Waals surface area (Å²) < 4.78 is 2.46. The van der Waals surface area contributed by atoms with Crippen LogP contribution >= 0.6 is 0 Å². The van der Waals surface area contributed by atoms with Crippen LogP contribution in [-0.2, 0) is 5.41 Å². The molecule has 0 fully saturated rings. The predicted molar refractivity (Wildman–Crippen MR) is 246 cm³/mol. The van der Waals surface area contributed by atoms with Gasteiger partial charge in [-0.15, -0.1) is 0 Å². The zero-order chi connectivity index (χ0) is 38.4. The van der Waals surface area contributed by atoms with E-state index < -0.39 is 5.41 Å². The number of fused-ring (bicyclic) bond motifs is 17. The highest BCUT2D eigenvalue weighted by Crippen LogP contribution is 2.58. The molecule has 2 atom stereocenters. The molecule has 0 saturated heterocycles. The monoisotopic (exact) mass is 747 g/mol.